The average molecular weight is 323 g/mol. The van der Waals surface area contributed by atoms with E-state index in [0.29, 0.717) is 6.54 Å². The molecule has 0 fully saturated rings. The average Bonchev–Trinajstić information content (AvgIpc) is 2.79. The molecule has 0 bridgehead atoms. The quantitative estimate of drug-likeness (QED) is 0.910. The smallest absolute Gasteiger partial charge is 0.124 e. The van der Waals surface area contributed by atoms with Crippen LogP contribution in [0.3, 0.4) is 0 Å². The number of thiazole rings is 1. The van der Waals surface area contributed by atoms with Gasteiger partial charge in [0.1, 0.15) is 5.01 Å². The highest BCUT2D eigenvalue weighted by molar-refractivity contribution is 9.11. The number of fused-ring (bicyclic) bond motifs is 1. The van der Waals surface area contributed by atoms with E-state index in [2.05, 4.69) is 39.1 Å². The van der Waals surface area contributed by atoms with Crippen LogP contribution in [0.15, 0.2) is 22.0 Å². The summed E-state index contributed by atoms with van der Waals surface area (Å²) in [6.07, 6.45) is 5.07. The van der Waals surface area contributed by atoms with Gasteiger partial charge in [0.2, 0.25) is 0 Å². The summed E-state index contributed by atoms with van der Waals surface area (Å²) < 4.78 is 1.05. The summed E-state index contributed by atoms with van der Waals surface area (Å²) >= 11 is 5.19. The predicted octanol–water partition coefficient (Wildman–Crippen LogP) is 3.91. The van der Waals surface area contributed by atoms with Crippen molar-refractivity contribution in [2.45, 2.75) is 32.2 Å². The van der Waals surface area contributed by atoms with Crippen molar-refractivity contribution in [3.05, 3.63) is 38.8 Å². The molecule has 0 saturated heterocycles. The van der Waals surface area contributed by atoms with Crippen molar-refractivity contribution in [2.75, 3.05) is 0 Å². The Morgan fingerprint density at radius 3 is 2.72 bits per heavy atom. The molecule has 1 aliphatic rings. The van der Waals surface area contributed by atoms with Gasteiger partial charge in [-0.2, -0.15) is 0 Å². The van der Waals surface area contributed by atoms with E-state index in [0.717, 1.165) is 14.5 Å². The van der Waals surface area contributed by atoms with Gasteiger partial charge in [-0.25, -0.2) is 4.98 Å². The molecular formula is C14H15BrN2S. The van der Waals surface area contributed by atoms with Crippen molar-refractivity contribution in [2.24, 2.45) is 5.73 Å². The molecule has 0 atom stereocenters. The normalized spacial score (nSPS) is 14.6. The van der Waals surface area contributed by atoms with Crippen LogP contribution < -0.4 is 5.73 Å². The van der Waals surface area contributed by atoms with Crippen molar-refractivity contribution in [3.63, 3.8) is 0 Å². The Bertz CT molecular complexity index is 577. The molecule has 1 aliphatic carbocycles. The molecule has 4 heteroatoms. The van der Waals surface area contributed by atoms with Gasteiger partial charge in [-0.05, 0) is 58.8 Å². The number of hydrogen-bond donors (Lipinski definition) is 1. The van der Waals surface area contributed by atoms with Crippen LogP contribution in [0, 0.1) is 0 Å². The maximum atomic E-state index is 5.67. The highest BCUT2D eigenvalue weighted by Crippen LogP contribution is 2.34. The maximum absolute atomic E-state index is 5.67. The first-order chi connectivity index (χ1) is 8.78. The molecule has 94 valence electrons. The van der Waals surface area contributed by atoms with Gasteiger partial charge < -0.3 is 5.73 Å². The fourth-order valence-electron chi connectivity index (χ4n) is 2.45. The maximum Gasteiger partial charge on any atom is 0.124 e. The van der Waals surface area contributed by atoms with Gasteiger partial charge in [0.15, 0.2) is 0 Å². The minimum Gasteiger partial charge on any atom is -0.325 e. The zero-order valence-corrected chi connectivity index (χ0v) is 12.5. The monoisotopic (exact) mass is 322 g/mol. The van der Waals surface area contributed by atoms with Crippen LogP contribution in [0.4, 0.5) is 0 Å². The highest BCUT2D eigenvalue weighted by Gasteiger charge is 2.13. The second-order valence-corrected chi connectivity index (χ2v) is 6.95. The zero-order valence-electron chi connectivity index (χ0n) is 10.1. The van der Waals surface area contributed by atoms with E-state index >= 15 is 0 Å². The van der Waals surface area contributed by atoms with Crippen LogP contribution in [-0.4, -0.2) is 4.98 Å². The van der Waals surface area contributed by atoms with Crippen LogP contribution in [0.25, 0.3) is 10.6 Å². The van der Waals surface area contributed by atoms with Crippen molar-refractivity contribution < 1.29 is 0 Å². The fourth-order valence-corrected chi connectivity index (χ4v) is 3.98. The number of hydrogen-bond acceptors (Lipinski definition) is 3. The minimum atomic E-state index is 0.488. The summed E-state index contributed by atoms with van der Waals surface area (Å²) in [5, 5.41) is 1.07. The number of aromatic nitrogens is 1. The molecule has 2 N–H and O–H groups in total. The van der Waals surface area contributed by atoms with E-state index in [1.165, 1.54) is 42.4 Å². The van der Waals surface area contributed by atoms with Crippen molar-refractivity contribution in [1.82, 2.24) is 4.98 Å². The lowest BCUT2D eigenvalue weighted by Crippen LogP contribution is -2.02. The SMILES string of the molecule is NCc1nc(-c2ccc3c(c2)CCCC3)sc1Br. The molecule has 0 spiro atoms. The van der Waals surface area contributed by atoms with Crippen LogP contribution in [-0.2, 0) is 19.4 Å². The molecule has 0 radical (unpaired) electrons. The molecule has 2 aromatic rings. The summed E-state index contributed by atoms with van der Waals surface area (Å²) in [5.74, 6) is 0. The summed E-state index contributed by atoms with van der Waals surface area (Å²) in [4.78, 5) is 4.59. The Kier molecular flexibility index (Phi) is 3.50. The largest absolute Gasteiger partial charge is 0.325 e. The summed E-state index contributed by atoms with van der Waals surface area (Å²) in [6.45, 7) is 0.488. The first-order valence-corrected chi connectivity index (χ1v) is 7.86. The molecule has 1 aromatic heterocycles. The van der Waals surface area contributed by atoms with E-state index in [9.17, 15) is 0 Å². The van der Waals surface area contributed by atoms with Gasteiger partial charge in [0, 0.05) is 12.1 Å². The third-order valence-corrected chi connectivity index (χ3v) is 5.32. The number of aryl methyl sites for hydroxylation is 2. The Morgan fingerprint density at radius 1 is 1.22 bits per heavy atom. The number of nitrogens with zero attached hydrogens (tertiary/aromatic N) is 1. The molecule has 0 unspecified atom stereocenters. The lowest BCUT2D eigenvalue weighted by atomic mass is 9.90. The van der Waals surface area contributed by atoms with Gasteiger partial charge in [0.25, 0.3) is 0 Å². The van der Waals surface area contributed by atoms with Gasteiger partial charge in [-0.1, -0.05) is 12.1 Å². The van der Waals surface area contributed by atoms with Gasteiger partial charge in [-0.15, -0.1) is 11.3 Å². The predicted molar refractivity (Wildman–Crippen MR) is 79.8 cm³/mol. The molecule has 0 amide bonds. The summed E-state index contributed by atoms with van der Waals surface area (Å²) in [5.41, 5.74) is 10.9. The lowest BCUT2D eigenvalue weighted by molar-refractivity contribution is 0.686. The van der Waals surface area contributed by atoms with Crippen LogP contribution >= 0.6 is 27.3 Å². The molecule has 18 heavy (non-hydrogen) atoms. The first-order valence-electron chi connectivity index (χ1n) is 6.25. The molecular weight excluding hydrogens is 308 g/mol. The molecule has 2 nitrogen and oxygen atoms in total. The Morgan fingerprint density at radius 2 is 2.00 bits per heavy atom. The van der Waals surface area contributed by atoms with Crippen molar-refractivity contribution in [3.8, 4) is 10.6 Å². The van der Waals surface area contributed by atoms with E-state index < -0.39 is 0 Å². The Hall–Kier alpha value is -0.710. The molecule has 0 saturated carbocycles. The minimum absolute atomic E-state index is 0.488. The fraction of sp³-hybridized carbons (Fsp3) is 0.357. The summed E-state index contributed by atoms with van der Waals surface area (Å²) in [6, 6.07) is 6.76. The van der Waals surface area contributed by atoms with Gasteiger partial charge in [0.05, 0.1) is 9.48 Å². The summed E-state index contributed by atoms with van der Waals surface area (Å²) in [7, 11) is 0. The number of rotatable bonds is 2. The standard InChI is InChI=1S/C14H15BrN2S/c15-13-12(8-16)17-14(18-13)11-6-5-9-3-1-2-4-10(9)7-11/h5-7H,1-4,8,16H2. The number of nitrogens with two attached hydrogens (primary N) is 1. The number of halogens is 1. The van der Waals surface area contributed by atoms with E-state index in [4.69, 9.17) is 5.73 Å². The van der Waals surface area contributed by atoms with Crippen molar-refractivity contribution >= 4 is 27.3 Å². The van der Waals surface area contributed by atoms with Crippen LogP contribution in [0.5, 0.6) is 0 Å². The van der Waals surface area contributed by atoms with E-state index in [1.807, 2.05) is 0 Å². The topological polar surface area (TPSA) is 38.9 Å². The third kappa shape index (κ3) is 2.25. The van der Waals surface area contributed by atoms with E-state index in [-0.39, 0.29) is 0 Å². The molecule has 1 aromatic carbocycles. The second-order valence-electron chi connectivity index (χ2n) is 4.63. The molecule has 3 rings (SSSR count). The second kappa shape index (κ2) is 5.11. The van der Waals surface area contributed by atoms with E-state index in [1.54, 1.807) is 11.3 Å². The number of benzene rings is 1. The Balaban J connectivity index is 2.00. The lowest BCUT2D eigenvalue weighted by Gasteiger charge is -2.15. The van der Waals surface area contributed by atoms with Crippen LogP contribution in [0.1, 0.15) is 29.7 Å². The zero-order chi connectivity index (χ0) is 12.5. The Labute approximate surface area is 119 Å². The molecule has 0 aliphatic heterocycles. The van der Waals surface area contributed by atoms with Crippen molar-refractivity contribution in [1.29, 1.82) is 0 Å². The molecule has 1 heterocycles. The van der Waals surface area contributed by atoms with Gasteiger partial charge >= 0.3 is 0 Å². The highest BCUT2D eigenvalue weighted by atomic mass is 79.9. The first kappa shape index (κ1) is 12.3. The van der Waals surface area contributed by atoms with Crippen LogP contribution in [0.2, 0.25) is 0 Å². The van der Waals surface area contributed by atoms with Gasteiger partial charge in [-0.3, -0.25) is 0 Å². The third-order valence-electron chi connectivity index (χ3n) is 3.44.